The van der Waals surface area contributed by atoms with Gasteiger partial charge in [0.25, 0.3) is 0 Å². The Bertz CT molecular complexity index is 754. The Hall–Kier alpha value is -2.47. The first-order valence-corrected chi connectivity index (χ1v) is 8.10. The summed E-state index contributed by atoms with van der Waals surface area (Å²) < 4.78 is 33.0. The summed E-state index contributed by atoms with van der Waals surface area (Å²) in [6.07, 6.45) is 0.108. The fourth-order valence-corrected chi connectivity index (χ4v) is 3.17. The van der Waals surface area contributed by atoms with Gasteiger partial charge in [0.05, 0.1) is 5.54 Å². The normalized spacial score (nSPS) is 21.6. The Labute approximate surface area is 144 Å². The molecule has 25 heavy (non-hydrogen) atoms. The number of hydrogen-bond acceptors (Lipinski definition) is 3. The van der Waals surface area contributed by atoms with Crippen LogP contribution in [0.1, 0.15) is 24.0 Å². The van der Waals surface area contributed by atoms with Gasteiger partial charge < -0.3 is 15.2 Å². The van der Waals surface area contributed by atoms with Crippen LogP contribution in [0.25, 0.3) is 0 Å². The lowest BCUT2D eigenvalue weighted by Crippen LogP contribution is -2.38. The van der Waals surface area contributed by atoms with E-state index in [0.29, 0.717) is 12.8 Å². The zero-order valence-electron chi connectivity index (χ0n) is 13.5. The second kappa shape index (κ2) is 7.19. The van der Waals surface area contributed by atoms with Crippen molar-refractivity contribution in [2.75, 3.05) is 6.61 Å². The average molecular weight is 347 g/mol. The van der Waals surface area contributed by atoms with E-state index in [1.807, 2.05) is 30.3 Å². The van der Waals surface area contributed by atoms with Gasteiger partial charge >= 0.3 is 6.09 Å². The minimum atomic E-state index is -1.04. The lowest BCUT2D eigenvalue weighted by Gasteiger charge is -2.21. The highest BCUT2D eigenvalue weighted by Gasteiger charge is 2.57. The van der Waals surface area contributed by atoms with Gasteiger partial charge in [0, 0.05) is 12.2 Å². The third-order valence-electron chi connectivity index (χ3n) is 4.53. The molecule has 6 heteroatoms. The molecular weight excluding hydrogens is 328 g/mol. The van der Waals surface area contributed by atoms with Crippen LogP contribution in [0, 0.1) is 17.6 Å². The summed E-state index contributed by atoms with van der Waals surface area (Å²) >= 11 is 0. The summed E-state index contributed by atoms with van der Waals surface area (Å²) in [5, 5.41) is 11.8. The monoisotopic (exact) mass is 347 g/mol. The molecule has 0 aliphatic heterocycles. The van der Waals surface area contributed by atoms with Gasteiger partial charge in [-0.2, -0.15) is 0 Å². The first-order valence-electron chi connectivity index (χ1n) is 8.10. The SMILES string of the molecule is O=C(N[C@]1(c2cc(F)ccc2F)C[C@@H]1CCO)OCc1ccccc1. The van der Waals surface area contributed by atoms with Crippen LogP contribution in [0.15, 0.2) is 48.5 Å². The number of ether oxygens (including phenoxy) is 1. The van der Waals surface area contributed by atoms with Crippen LogP contribution in [0.2, 0.25) is 0 Å². The number of aliphatic hydroxyl groups excluding tert-OH is 1. The smallest absolute Gasteiger partial charge is 0.408 e. The zero-order valence-corrected chi connectivity index (χ0v) is 13.5. The summed E-state index contributed by atoms with van der Waals surface area (Å²) in [5.41, 5.74) is -0.128. The maximum atomic E-state index is 14.2. The molecule has 1 aliphatic carbocycles. The number of aliphatic hydroxyl groups is 1. The standard InChI is InChI=1S/C19H19F2NO3/c20-15-6-7-17(21)16(10-15)19(11-14(19)8-9-23)22-18(24)25-12-13-4-2-1-3-5-13/h1-7,10,14,23H,8-9,11-12H2,(H,22,24)/t14-,19+/m0/s1. The minimum Gasteiger partial charge on any atom is -0.445 e. The van der Waals surface area contributed by atoms with E-state index in [4.69, 9.17) is 9.84 Å². The fourth-order valence-electron chi connectivity index (χ4n) is 3.17. The molecule has 2 aromatic rings. The van der Waals surface area contributed by atoms with Gasteiger partial charge in [-0.05, 0) is 42.5 Å². The Kier molecular flexibility index (Phi) is 4.99. The van der Waals surface area contributed by atoms with Gasteiger partial charge in [0.2, 0.25) is 0 Å². The van der Waals surface area contributed by atoms with Crippen LogP contribution >= 0.6 is 0 Å². The van der Waals surface area contributed by atoms with Crippen molar-refractivity contribution in [2.45, 2.75) is 25.0 Å². The first kappa shape index (κ1) is 17.4. The minimum absolute atomic E-state index is 0.0824. The molecule has 2 atom stereocenters. The number of alkyl carbamates (subject to hydrolysis) is 1. The van der Waals surface area contributed by atoms with Crippen LogP contribution in [-0.2, 0) is 16.9 Å². The maximum Gasteiger partial charge on any atom is 0.408 e. The number of amides is 1. The Morgan fingerprint density at radius 3 is 2.72 bits per heavy atom. The van der Waals surface area contributed by atoms with Crippen molar-refractivity contribution >= 4 is 6.09 Å². The first-order chi connectivity index (χ1) is 12.0. The highest BCUT2D eigenvalue weighted by Crippen LogP contribution is 2.54. The van der Waals surface area contributed by atoms with Gasteiger partial charge in [-0.25, -0.2) is 13.6 Å². The summed E-state index contributed by atoms with van der Waals surface area (Å²) in [4.78, 5) is 12.2. The van der Waals surface area contributed by atoms with Crippen molar-refractivity contribution in [3.63, 3.8) is 0 Å². The molecule has 2 aromatic carbocycles. The van der Waals surface area contributed by atoms with E-state index in [1.54, 1.807) is 0 Å². The molecule has 2 N–H and O–H groups in total. The number of carbonyl (C=O) groups is 1. The van der Waals surface area contributed by atoms with E-state index in [0.717, 1.165) is 23.8 Å². The van der Waals surface area contributed by atoms with Gasteiger partial charge in [-0.1, -0.05) is 30.3 Å². The molecule has 0 bridgehead atoms. The number of carbonyl (C=O) groups excluding carboxylic acids is 1. The third kappa shape index (κ3) is 3.79. The van der Waals surface area contributed by atoms with E-state index in [1.165, 1.54) is 0 Å². The van der Waals surface area contributed by atoms with Crippen molar-refractivity contribution in [3.05, 3.63) is 71.3 Å². The van der Waals surface area contributed by atoms with Gasteiger partial charge in [0.15, 0.2) is 0 Å². The lowest BCUT2D eigenvalue weighted by atomic mass is 10.0. The highest BCUT2D eigenvalue weighted by atomic mass is 19.1. The number of benzene rings is 2. The summed E-state index contributed by atoms with van der Waals surface area (Å²) in [6.45, 7) is -0.0108. The summed E-state index contributed by atoms with van der Waals surface area (Å²) in [5.74, 6) is -1.34. The maximum absolute atomic E-state index is 14.2. The van der Waals surface area contributed by atoms with Crippen molar-refractivity contribution < 1.29 is 23.4 Å². The molecule has 4 nitrogen and oxygen atoms in total. The Morgan fingerprint density at radius 2 is 2.00 bits per heavy atom. The van der Waals surface area contributed by atoms with Crippen molar-refractivity contribution in [3.8, 4) is 0 Å². The predicted molar refractivity (Wildman–Crippen MR) is 87.6 cm³/mol. The van der Waals surface area contributed by atoms with Crippen molar-refractivity contribution in [1.82, 2.24) is 5.32 Å². The van der Waals surface area contributed by atoms with E-state index in [-0.39, 0.29) is 24.7 Å². The van der Waals surface area contributed by atoms with Crippen LogP contribution in [0.4, 0.5) is 13.6 Å². The van der Waals surface area contributed by atoms with E-state index < -0.39 is 23.3 Å². The van der Waals surface area contributed by atoms with Crippen LogP contribution in [0.5, 0.6) is 0 Å². The summed E-state index contributed by atoms with van der Waals surface area (Å²) in [6, 6.07) is 12.3. The topological polar surface area (TPSA) is 58.6 Å². The van der Waals surface area contributed by atoms with Gasteiger partial charge in [-0.3, -0.25) is 0 Å². The molecule has 1 amide bonds. The number of nitrogens with one attached hydrogen (secondary N) is 1. The molecule has 3 rings (SSSR count). The molecular formula is C19H19F2NO3. The molecule has 0 aromatic heterocycles. The third-order valence-corrected chi connectivity index (χ3v) is 4.53. The molecule has 0 radical (unpaired) electrons. The van der Waals surface area contributed by atoms with Crippen LogP contribution in [0.3, 0.4) is 0 Å². The van der Waals surface area contributed by atoms with Crippen molar-refractivity contribution in [2.24, 2.45) is 5.92 Å². The molecule has 1 saturated carbocycles. The molecule has 0 heterocycles. The Morgan fingerprint density at radius 1 is 1.24 bits per heavy atom. The van der Waals surface area contributed by atoms with Gasteiger partial charge in [0.1, 0.15) is 18.2 Å². The largest absolute Gasteiger partial charge is 0.445 e. The average Bonchev–Trinajstić information content (AvgIpc) is 3.29. The molecule has 1 fully saturated rings. The molecule has 0 spiro atoms. The molecule has 132 valence electrons. The second-order valence-corrected chi connectivity index (χ2v) is 6.20. The number of rotatable bonds is 6. The fraction of sp³-hybridized carbons (Fsp3) is 0.316. The van der Waals surface area contributed by atoms with E-state index in [2.05, 4.69) is 5.32 Å². The molecule has 1 aliphatic rings. The molecule has 0 saturated heterocycles. The predicted octanol–water partition coefficient (Wildman–Crippen LogP) is 3.49. The number of hydrogen-bond donors (Lipinski definition) is 2. The number of halogens is 2. The van der Waals surface area contributed by atoms with E-state index in [9.17, 15) is 13.6 Å². The van der Waals surface area contributed by atoms with Gasteiger partial charge in [-0.15, -0.1) is 0 Å². The van der Waals surface area contributed by atoms with Crippen molar-refractivity contribution in [1.29, 1.82) is 0 Å². The zero-order chi connectivity index (χ0) is 17.9. The Balaban J connectivity index is 1.73. The van der Waals surface area contributed by atoms with Crippen LogP contribution in [-0.4, -0.2) is 17.8 Å². The quantitative estimate of drug-likeness (QED) is 0.841. The second-order valence-electron chi connectivity index (χ2n) is 6.20. The highest BCUT2D eigenvalue weighted by molar-refractivity contribution is 5.70. The summed E-state index contributed by atoms with van der Waals surface area (Å²) in [7, 11) is 0. The lowest BCUT2D eigenvalue weighted by molar-refractivity contribution is 0.132. The van der Waals surface area contributed by atoms with E-state index >= 15 is 0 Å². The molecule has 0 unspecified atom stereocenters. The van der Waals surface area contributed by atoms with Crippen LogP contribution < -0.4 is 5.32 Å².